The van der Waals surface area contributed by atoms with Crippen molar-refractivity contribution >= 4 is 0 Å². The van der Waals surface area contributed by atoms with Crippen molar-refractivity contribution in [3.05, 3.63) is 47.5 Å². The Morgan fingerprint density at radius 1 is 1.20 bits per heavy atom. The smallest absolute Gasteiger partial charge is 0.0717 e. The highest BCUT2D eigenvalue weighted by molar-refractivity contribution is 5.13. The van der Waals surface area contributed by atoms with Crippen LogP contribution in [0, 0.1) is 11.8 Å². The minimum atomic E-state index is 0.514. The Morgan fingerprint density at radius 2 is 1.90 bits per heavy atom. The fourth-order valence-electron chi connectivity index (χ4n) is 3.13. The van der Waals surface area contributed by atoms with Gasteiger partial charge in [0.05, 0.1) is 13.2 Å². The SMILES string of the molecule is C/C(=C\C(C)COCc1ccccc1)C1CCCCC1. The maximum absolute atomic E-state index is 5.83. The highest BCUT2D eigenvalue weighted by atomic mass is 16.5. The third-order valence-corrected chi connectivity index (χ3v) is 4.29. The van der Waals surface area contributed by atoms with E-state index in [1.54, 1.807) is 5.57 Å². The van der Waals surface area contributed by atoms with Crippen LogP contribution in [0.5, 0.6) is 0 Å². The van der Waals surface area contributed by atoms with Crippen LogP contribution in [0.1, 0.15) is 51.5 Å². The summed E-state index contributed by atoms with van der Waals surface area (Å²) >= 11 is 0. The second kappa shape index (κ2) is 8.26. The Hall–Kier alpha value is -1.08. The van der Waals surface area contributed by atoms with Crippen LogP contribution in [-0.2, 0) is 11.3 Å². The number of benzene rings is 1. The molecule has 0 amide bonds. The van der Waals surface area contributed by atoms with E-state index in [-0.39, 0.29) is 0 Å². The molecular formula is C19H28O. The summed E-state index contributed by atoms with van der Waals surface area (Å²) in [4.78, 5) is 0. The summed E-state index contributed by atoms with van der Waals surface area (Å²) in [6, 6.07) is 10.4. The van der Waals surface area contributed by atoms with Crippen molar-refractivity contribution < 1.29 is 4.74 Å². The van der Waals surface area contributed by atoms with E-state index in [1.807, 2.05) is 6.07 Å². The molecule has 110 valence electrons. The fourth-order valence-corrected chi connectivity index (χ4v) is 3.13. The lowest BCUT2D eigenvalue weighted by molar-refractivity contribution is 0.103. The molecule has 0 heterocycles. The molecule has 1 atom stereocenters. The summed E-state index contributed by atoms with van der Waals surface area (Å²) in [5.41, 5.74) is 2.84. The quantitative estimate of drug-likeness (QED) is 0.633. The van der Waals surface area contributed by atoms with Gasteiger partial charge in [-0.1, -0.05) is 68.2 Å². The third-order valence-electron chi connectivity index (χ3n) is 4.29. The minimum absolute atomic E-state index is 0.514. The lowest BCUT2D eigenvalue weighted by Crippen LogP contribution is -2.10. The topological polar surface area (TPSA) is 9.23 Å². The first kappa shape index (κ1) is 15.3. The molecule has 1 aliphatic rings. The molecule has 0 N–H and O–H groups in total. The molecule has 2 rings (SSSR count). The highest BCUT2D eigenvalue weighted by Crippen LogP contribution is 2.30. The van der Waals surface area contributed by atoms with E-state index in [2.05, 4.69) is 44.2 Å². The van der Waals surface area contributed by atoms with Crippen LogP contribution in [0.15, 0.2) is 42.0 Å². The molecule has 1 fully saturated rings. The Morgan fingerprint density at radius 3 is 2.60 bits per heavy atom. The molecule has 1 nitrogen and oxygen atoms in total. The van der Waals surface area contributed by atoms with E-state index in [1.165, 1.54) is 37.7 Å². The summed E-state index contributed by atoms with van der Waals surface area (Å²) in [7, 11) is 0. The minimum Gasteiger partial charge on any atom is -0.376 e. The Labute approximate surface area is 124 Å². The standard InChI is InChI=1S/C19H28O/c1-16(13-17(2)19-11-7-4-8-12-19)14-20-15-18-9-5-3-6-10-18/h3,5-6,9-10,13,16,19H,4,7-8,11-12,14-15H2,1-2H3/b17-13+. The second-order valence-corrected chi connectivity index (χ2v) is 6.22. The third kappa shape index (κ3) is 5.13. The molecule has 1 heteroatoms. The molecule has 0 saturated heterocycles. The molecule has 1 aromatic rings. The molecular weight excluding hydrogens is 244 g/mol. The molecule has 0 spiro atoms. The van der Waals surface area contributed by atoms with Gasteiger partial charge < -0.3 is 4.74 Å². The Balaban J connectivity index is 1.72. The zero-order valence-electron chi connectivity index (χ0n) is 13.0. The molecule has 1 aromatic carbocycles. The van der Waals surface area contributed by atoms with Gasteiger partial charge >= 0.3 is 0 Å². The van der Waals surface area contributed by atoms with Crippen molar-refractivity contribution in [2.75, 3.05) is 6.61 Å². The average molecular weight is 272 g/mol. The fraction of sp³-hybridized carbons (Fsp3) is 0.579. The van der Waals surface area contributed by atoms with Gasteiger partial charge in [0.1, 0.15) is 0 Å². The van der Waals surface area contributed by atoms with E-state index in [9.17, 15) is 0 Å². The zero-order chi connectivity index (χ0) is 14.2. The van der Waals surface area contributed by atoms with Crippen molar-refractivity contribution in [3.8, 4) is 0 Å². The number of hydrogen-bond acceptors (Lipinski definition) is 1. The van der Waals surface area contributed by atoms with Gasteiger partial charge in [-0.2, -0.15) is 0 Å². The molecule has 0 bridgehead atoms. The van der Waals surface area contributed by atoms with Crippen LogP contribution in [-0.4, -0.2) is 6.61 Å². The molecule has 20 heavy (non-hydrogen) atoms. The van der Waals surface area contributed by atoms with Crippen molar-refractivity contribution in [2.45, 2.75) is 52.6 Å². The van der Waals surface area contributed by atoms with Gasteiger partial charge in [-0.3, -0.25) is 0 Å². The molecule has 0 aliphatic heterocycles. The first-order valence-electron chi connectivity index (χ1n) is 8.05. The van der Waals surface area contributed by atoms with Crippen molar-refractivity contribution in [1.82, 2.24) is 0 Å². The van der Waals surface area contributed by atoms with Crippen LogP contribution in [0.2, 0.25) is 0 Å². The largest absolute Gasteiger partial charge is 0.376 e. The average Bonchev–Trinajstić information content (AvgIpc) is 2.49. The van der Waals surface area contributed by atoms with Gasteiger partial charge in [0.25, 0.3) is 0 Å². The maximum atomic E-state index is 5.83. The predicted molar refractivity (Wildman–Crippen MR) is 85.6 cm³/mol. The van der Waals surface area contributed by atoms with Gasteiger partial charge in [0.15, 0.2) is 0 Å². The summed E-state index contributed by atoms with van der Waals surface area (Å²) < 4.78 is 5.83. The molecule has 0 radical (unpaired) electrons. The maximum Gasteiger partial charge on any atom is 0.0717 e. The van der Waals surface area contributed by atoms with Crippen LogP contribution < -0.4 is 0 Å². The van der Waals surface area contributed by atoms with E-state index >= 15 is 0 Å². The molecule has 1 unspecified atom stereocenters. The summed E-state index contributed by atoms with van der Waals surface area (Å²) in [6.45, 7) is 6.11. The van der Waals surface area contributed by atoms with Gasteiger partial charge in [0.2, 0.25) is 0 Å². The van der Waals surface area contributed by atoms with E-state index in [0.717, 1.165) is 19.1 Å². The van der Waals surface area contributed by atoms with Gasteiger partial charge in [-0.25, -0.2) is 0 Å². The summed E-state index contributed by atoms with van der Waals surface area (Å²) in [6.07, 6.45) is 9.46. The highest BCUT2D eigenvalue weighted by Gasteiger charge is 2.15. The van der Waals surface area contributed by atoms with Crippen LogP contribution in [0.25, 0.3) is 0 Å². The Kier molecular flexibility index (Phi) is 6.32. The van der Waals surface area contributed by atoms with Gasteiger partial charge in [-0.15, -0.1) is 0 Å². The lowest BCUT2D eigenvalue weighted by atomic mass is 9.83. The predicted octanol–water partition coefficient (Wildman–Crippen LogP) is 5.37. The van der Waals surface area contributed by atoms with E-state index in [4.69, 9.17) is 4.74 Å². The molecule has 0 aromatic heterocycles. The lowest BCUT2D eigenvalue weighted by Gasteiger charge is -2.23. The van der Waals surface area contributed by atoms with Crippen LogP contribution in [0.4, 0.5) is 0 Å². The van der Waals surface area contributed by atoms with Crippen LogP contribution >= 0.6 is 0 Å². The number of rotatable bonds is 6. The molecule has 1 aliphatic carbocycles. The number of hydrogen-bond donors (Lipinski definition) is 0. The van der Waals surface area contributed by atoms with Gasteiger partial charge in [0, 0.05) is 0 Å². The molecule has 1 saturated carbocycles. The normalized spacial score (nSPS) is 19.0. The second-order valence-electron chi connectivity index (χ2n) is 6.22. The summed E-state index contributed by atoms with van der Waals surface area (Å²) in [5, 5.41) is 0. The first-order chi connectivity index (χ1) is 9.75. The number of ether oxygens (including phenoxy) is 1. The zero-order valence-corrected chi connectivity index (χ0v) is 13.0. The number of allylic oxidation sites excluding steroid dienone is 1. The van der Waals surface area contributed by atoms with Crippen molar-refractivity contribution in [1.29, 1.82) is 0 Å². The van der Waals surface area contributed by atoms with E-state index < -0.39 is 0 Å². The van der Waals surface area contributed by atoms with Gasteiger partial charge in [-0.05, 0) is 37.2 Å². The van der Waals surface area contributed by atoms with Crippen molar-refractivity contribution in [3.63, 3.8) is 0 Å². The van der Waals surface area contributed by atoms with Crippen molar-refractivity contribution in [2.24, 2.45) is 11.8 Å². The summed E-state index contributed by atoms with van der Waals surface area (Å²) in [5.74, 6) is 1.35. The monoisotopic (exact) mass is 272 g/mol. The van der Waals surface area contributed by atoms with E-state index in [0.29, 0.717) is 5.92 Å². The first-order valence-corrected chi connectivity index (χ1v) is 8.05. The van der Waals surface area contributed by atoms with Crippen LogP contribution in [0.3, 0.4) is 0 Å². The Bertz CT molecular complexity index is 401.